The number of rotatable bonds is 5. The lowest BCUT2D eigenvalue weighted by atomic mass is 9.96. The minimum absolute atomic E-state index is 0.0659. The number of hydrazone groups is 1. The molecule has 2 rings (SSSR count). The molecule has 1 aromatic carbocycles. The Morgan fingerprint density at radius 2 is 2.20 bits per heavy atom. The van der Waals surface area contributed by atoms with Crippen molar-refractivity contribution < 1.29 is 9.53 Å². The minimum Gasteiger partial charge on any atom is -0.484 e. The van der Waals surface area contributed by atoms with Gasteiger partial charge in [0.15, 0.2) is 6.61 Å². The Morgan fingerprint density at radius 1 is 1.40 bits per heavy atom. The molecule has 1 amide bonds. The number of ether oxygens (including phenoxy) is 1. The maximum Gasteiger partial charge on any atom is 0.277 e. The van der Waals surface area contributed by atoms with Crippen molar-refractivity contribution in [3.05, 3.63) is 41.4 Å². The number of nitrogens with one attached hydrogen (secondary N) is 1. The van der Waals surface area contributed by atoms with E-state index < -0.39 is 0 Å². The number of carbonyl (C=O) groups excluding carboxylic acids is 1. The fourth-order valence-corrected chi connectivity index (χ4v) is 2.01. The van der Waals surface area contributed by atoms with Gasteiger partial charge in [0, 0.05) is 11.2 Å². The molecule has 1 aliphatic rings. The van der Waals surface area contributed by atoms with Crippen LogP contribution in [0.5, 0.6) is 5.75 Å². The summed E-state index contributed by atoms with van der Waals surface area (Å²) in [6.45, 7) is -0.0659. The van der Waals surface area contributed by atoms with Crippen LogP contribution in [0.1, 0.15) is 19.3 Å². The van der Waals surface area contributed by atoms with Crippen molar-refractivity contribution in [3.8, 4) is 5.75 Å². The number of carbonyl (C=O) groups is 1. The zero-order chi connectivity index (χ0) is 14.2. The Labute approximate surface area is 123 Å². The molecule has 1 N–H and O–H groups in total. The summed E-state index contributed by atoms with van der Waals surface area (Å²) in [5.74, 6) is 0.742. The van der Waals surface area contributed by atoms with Gasteiger partial charge in [-0.25, -0.2) is 5.43 Å². The summed E-state index contributed by atoms with van der Waals surface area (Å²) < 4.78 is 5.31. The van der Waals surface area contributed by atoms with Crippen molar-refractivity contribution in [2.45, 2.75) is 19.3 Å². The second-order valence-electron chi connectivity index (χ2n) is 4.60. The SMILES string of the molecule is O=C(COc1ccc(Cl)cc1)NN=CC1CC=CCC1. The lowest BCUT2D eigenvalue weighted by Gasteiger charge is -2.11. The van der Waals surface area contributed by atoms with Crippen molar-refractivity contribution in [1.29, 1.82) is 0 Å². The smallest absolute Gasteiger partial charge is 0.277 e. The molecule has 0 spiro atoms. The van der Waals surface area contributed by atoms with Crippen molar-refractivity contribution in [3.63, 3.8) is 0 Å². The number of nitrogens with zero attached hydrogens (tertiary/aromatic N) is 1. The summed E-state index contributed by atoms with van der Waals surface area (Å²) >= 11 is 5.76. The minimum atomic E-state index is -0.275. The van der Waals surface area contributed by atoms with Crippen molar-refractivity contribution in [2.75, 3.05) is 6.61 Å². The summed E-state index contributed by atoms with van der Waals surface area (Å²) in [6, 6.07) is 6.85. The first kappa shape index (κ1) is 14.6. The largest absolute Gasteiger partial charge is 0.484 e. The van der Waals surface area contributed by atoms with E-state index in [2.05, 4.69) is 22.7 Å². The molecule has 1 aromatic rings. The van der Waals surface area contributed by atoms with E-state index in [0.717, 1.165) is 19.3 Å². The van der Waals surface area contributed by atoms with E-state index >= 15 is 0 Å². The molecule has 106 valence electrons. The van der Waals surface area contributed by atoms with Crippen LogP contribution in [0.3, 0.4) is 0 Å². The molecule has 0 radical (unpaired) electrons. The Kier molecular flexibility index (Phi) is 5.62. The summed E-state index contributed by atoms with van der Waals surface area (Å²) in [6.07, 6.45) is 9.25. The molecule has 0 fully saturated rings. The van der Waals surface area contributed by atoms with Gasteiger partial charge in [0.25, 0.3) is 5.91 Å². The normalized spacial score (nSPS) is 18.1. The van der Waals surface area contributed by atoms with Crippen LogP contribution in [0.2, 0.25) is 5.02 Å². The van der Waals surface area contributed by atoms with E-state index in [1.807, 2.05) is 0 Å². The van der Waals surface area contributed by atoms with Gasteiger partial charge in [-0.1, -0.05) is 23.8 Å². The van der Waals surface area contributed by atoms with Gasteiger partial charge < -0.3 is 4.74 Å². The van der Waals surface area contributed by atoms with Gasteiger partial charge in [0.2, 0.25) is 0 Å². The third-order valence-electron chi connectivity index (χ3n) is 2.97. The molecule has 20 heavy (non-hydrogen) atoms. The fourth-order valence-electron chi connectivity index (χ4n) is 1.88. The first-order valence-corrected chi connectivity index (χ1v) is 6.97. The van der Waals surface area contributed by atoms with E-state index in [9.17, 15) is 4.79 Å². The average molecular weight is 293 g/mol. The molecule has 0 saturated carbocycles. The number of hydrogen-bond donors (Lipinski definition) is 1. The van der Waals surface area contributed by atoms with E-state index in [0.29, 0.717) is 16.7 Å². The molecule has 0 saturated heterocycles. The number of allylic oxidation sites excluding steroid dienone is 2. The van der Waals surface area contributed by atoms with Crippen molar-refractivity contribution >= 4 is 23.7 Å². The highest BCUT2D eigenvalue weighted by atomic mass is 35.5. The Morgan fingerprint density at radius 3 is 2.90 bits per heavy atom. The van der Waals surface area contributed by atoms with Gasteiger partial charge in [-0.15, -0.1) is 0 Å². The molecular formula is C15H17ClN2O2. The summed E-state index contributed by atoms with van der Waals surface area (Å²) in [5.41, 5.74) is 2.47. The Balaban J connectivity index is 1.68. The van der Waals surface area contributed by atoms with Gasteiger partial charge in [0.1, 0.15) is 5.75 Å². The average Bonchev–Trinajstić information content (AvgIpc) is 2.48. The van der Waals surface area contributed by atoms with Gasteiger partial charge >= 0.3 is 0 Å². The van der Waals surface area contributed by atoms with Crippen LogP contribution >= 0.6 is 11.6 Å². The number of halogens is 1. The number of benzene rings is 1. The molecule has 1 atom stereocenters. The lowest BCUT2D eigenvalue weighted by Crippen LogP contribution is -2.25. The molecule has 1 aliphatic carbocycles. The monoisotopic (exact) mass is 292 g/mol. The van der Waals surface area contributed by atoms with Crippen LogP contribution in [0.4, 0.5) is 0 Å². The maximum atomic E-state index is 11.5. The van der Waals surface area contributed by atoms with Gasteiger partial charge in [-0.05, 0) is 49.4 Å². The van der Waals surface area contributed by atoms with Crippen LogP contribution in [0.15, 0.2) is 41.5 Å². The van der Waals surface area contributed by atoms with Gasteiger partial charge in [0.05, 0.1) is 0 Å². The third-order valence-corrected chi connectivity index (χ3v) is 3.22. The first-order valence-electron chi connectivity index (χ1n) is 6.59. The van der Waals surface area contributed by atoms with Gasteiger partial charge in [-0.2, -0.15) is 5.10 Å². The van der Waals surface area contributed by atoms with Crippen LogP contribution in [0, 0.1) is 5.92 Å². The van der Waals surface area contributed by atoms with Crippen molar-refractivity contribution in [2.24, 2.45) is 11.0 Å². The predicted octanol–water partition coefficient (Wildman–Crippen LogP) is 3.18. The topological polar surface area (TPSA) is 50.7 Å². The molecule has 0 aliphatic heterocycles. The molecule has 0 aromatic heterocycles. The molecule has 0 bridgehead atoms. The highest BCUT2D eigenvalue weighted by Gasteiger charge is 2.07. The Hall–Kier alpha value is -1.81. The Bertz CT molecular complexity index is 497. The molecule has 0 heterocycles. The molecule has 4 nitrogen and oxygen atoms in total. The van der Waals surface area contributed by atoms with E-state index in [1.54, 1.807) is 30.5 Å². The zero-order valence-corrected chi connectivity index (χ0v) is 11.8. The summed E-state index contributed by atoms with van der Waals surface area (Å²) in [7, 11) is 0. The number of hydrogen-bond acceptors (Lipinski definition) is 3. The van der Waals surface area contributed by atoms with E-state index in [4.69, 9.17) is 16.3 Å². The summed E-state index contributed by atoms with van der Waals surface area (Å²) in [4.78, 5) is 11.5. The van der Waals surface area contributed by atoms with E-state index in [-0.39, 0.29) is 12.5 Å². The quantitative estimate of drug-likeness (QED) is 0.515. The maximum absolute atomic E-state index is 11.5. The fraction of sp³-hybridized carbons (Fsp3) is 0.333. The van der Waals surface area contributed by atoms with Crippen LogP contribution < -0.4 is 10.2 Å². The molecule has 5 heteroatoms. The molecular weight excluding hydrogens is 276 g/mol. The van der Waals surface area contributed by atoms with Gasteiger partial charge in [-0.3, -0.25) is 4.79 Å². The van der Waals surface area contributed by atoms with E-state index in [1.165, 1.54) is 0 Å². The predicted molar refractivity (Wildman–Crippen MR) is 80.1 cm³/mol. The standard InChI is InChI=1S/C15H17ClN2O2/c16-13-6-8-14(9-7-13)20-11-15(19)18-17-10-12-4-2-1-3-5-12/h1-2,6-10,12H,3-5,11H2,(H,18,19). The second kappa shape index (κ2) is 7.70. The third kappa shape index (κ3) is 5.05. The number of amides is 1. The van der Waals surface area contributed by atoms with Crippen LogP contribution in [-0.4, -0.2) is 18.7 Å². The van der Waals surface area contributed by atoms with Crippen molar-refractivity contribution in [1.82, 2.24) is 5.43 Å². The van der Waals surface area contributed by atoms with Crippen LogP contribution in [-0.2, 0) is 4.79 Å². The summed E-state index contributed by atoms with van der Waals surface area (Å²) in [5, 5.41) is 4.59. The van der Waals surface area contributed by atoms with Crippen LogP contribution in [0.25, 0.3) is 0 Å². The lowest BCUT2D eigenvalue weighted by molar-refractivity contribution is -0.123. The highest BCUT2D eigenvalue weighted by molar-refractivity contribution is 6.30. The second-order valence-corrected chi connectivity index (χ2v) is 5.04. The first-order chi connectivity index (χ1) is 9.74. The molecule has 1 unspecified atom stereocenters. The highest BCUT2D eigenvalue weighted by Crippen LogP contribution is 2.16. The zero-order valence-electron chi connectivity index (χ0n) is 11.1.